The van der Waals surface area contributed by atoms with Crippen molar-refractivity contribution in [2.45, 2.75) is 46.5 Å². The number of likely N-dealkylation sites (tertiary alicyclic amines) is 2. The number of rotatable bonds is 7. The lowest BCUT2D eigenvalue weighted by Gasteiger charge is -2.34. The summed E-state index contributed by atoms with van der Waals surface area (Å²) in [5, 5.41) is 1.14. The number of esters is 1. The quantitative estimate of drug-likeness (QED) is 0.398. The van der Waals surface area contributed by atoms with Crippen LogP contribution >= 0.6 is 0 Å². The zero-order chi connectivity index (χ0) is 27.7. The first-order chi connectivity index (χ1) is 18.7. The van der Waals surface area contributed by atoms with Crippen molar-refractivity contribution in [1.82, 2.24) is 19.4 Å². The number of aryl methyl sites for hydroxylation is 1. The van der Waals surface area contributed by atoms with Crippen molar-refractivity contribution in [1.29, 1.82) is 0 Å². The maximum Gasteiger partial charge on any atom is 0.340 e. The number of halogens is 1. The number of aromatic nitrogens is 2. The highest BCUT2D eigenvalue weighted by molar-refractivity contribution is 5.95. The van der Waals surface area contributed by atoms with Crippen LogP contribution in [0, 0.1) is 30.5 Å². The second-order valence-electron chi connectivity index (χ2n) is 11.6. The largest absolute Gasteiger partial charge is 0.465 e. The zero-order valence-electron chi connectivity index (χ0n) is 23.5. The number of hydrogen-bond donors (Lipinski definition) is 0. The molecule has 0 saturated carbocycles. The highest BCUT2D eigenvalue weighted by Crippen LogP contribution is 2.33. The van der Waals surface area contributed by atoms with Gasteiger partial charge in [0.2, 0.25) is 5.91 Å². The molecule has 0 bridgehead atoms. The number of carbonyl (C=O) groups excluding carboxylic acids is 2. The van der Waals surface area contributed by atoms with E-state index < -0.39 is 11.8 Å². The first kappa shape index (κ1) is 27.3. The van der Waals surface area contributed by atoms with E-state index >= 15 is 0 Å². The van der Waals surface area contributed by atoms with Gasteiger partial charge in [-0.25, -0.2) is 9.18 Å². The van der Waals surface area contributed by atoms with Crippen LogP contribution in [0.15, 0.2) is 36.8 Å². The average molecular weight is 535 g/mol. The number of nitrogens with zero attached hydrogens (tertiary/aromatic N) is 4. The molecule has 8 heteroatoms. The lowest BCUT2D eigenvalue weighted by Crippen LogP contribution is -2.42. The Bertz CT molecular complexity index is 1360. The van der Waals surface area contributed by atoms with E-state index in [1.807, 2.05) is 35.7 Å². The number of amides is 1. The highest BCUT2D eigenvalue weighted by atomic mass is 19.1. The van der Waals surface area contributed by atoms with Crippen LogP contribution in [0.5, 0.6) is 0 Å². The molecule has 2 fully saturated rings. The van der Waals surface area contributed by atoms with E-state index in [0.717, 1.165) is 74.9 Å². The van der Waals surface area contributed by atoms with Gasteiger partial charge in [0.15, 0.2) is 0 Å². The number of pyridine rings is 1. The number of piperidine rings is 1. The van der Waals surface area contributed by atoms with E-state index in [1.165, 1.54) is 24.8 Å². The third-order valence-corrected chi connectivity index (χ3v) is 8.42. The van der Waals surface area contributed by atoms with Gasteiger partial charge in [-0.2, -0.15) is 0 Å². The summed E-state index contributed by atoms with van der Waals surface area (Å²) in [6, 6.07) is 4.23. The smallest absolute Gasteiger partial charge is 0.340 e. The second kappa shape index (κ2) is 11.5. The summed E-state index contributed by atoms with van der Waals surface area (Å²) in [5.41, 5.74) is 3.98. The molecule has 208 valence electrons. The molecule has 0 aliphatic carbocycles. The molecule has 1 atom stereocenters. The van der Waals surface area contributed by atoms with Gasteiger partial charge in [-0.1, -0.05) is 13.8 Å². The molecule has 0 unspecified atom stereocenters. The van der Waals surface area contributed by atoms with Crippen molar-refractivity contribution in [3.8, 4) is 5.69 Å². The number of benzene rings is 1. The Morgan fingerprint density at radius 2 is 1.85 bits per heavy atom. The topological polar surface area (TPSA) is 67.7 Å². The predicted molar refractivity (Wildman–Crippen MR) is 149 cm³/mol. The maximum atomic E-state index is 14.1. The molecule has 1 aromatic carbocycles. The second-order valence-corrected chi connectivity index (χ2v) is 11.6. The van der Waals surface area contributed by atoms with E-state index in [-0.39, 0.29) is 17.4 Å². The fourth-order valence-corrected chi connectivity index (χ4v) is 6.41. The van der Waals surface area contributed by atoms with Gasteiger partial charge in [0.1, 0.15) is 5.82 Å². The summed E-state index contributed by atoms with van der Waals surface area (Å²) >= 11 is 0. The first-order valence-electron chi connectivity index (χ1n) is 14.1. The van der Waals surface area contributed by atoms with Crippen LogP contribution < -0.4 is 0 Å². The van der Waals surface area contributed by atoms with E-state index in [0.29, 0.717) is 17.5 Å². The molecule has 1 amide bonds. The molecule has 39 heavy (non-hydrogen) atoms. The molecule has 4 heterocycles. The molecule has 7 nitrogen and oxygen atoms in total. The summed E-state index contributed by atoms with van der Waals surface area (Å²) < 4.78 is 21.0. The molecule has 5 rings (SSSR count). The minimum atomic E-state index is -0.570. The Balaban J connectivity index is 1.31. The van der Waals surface area contributed by atoms with Gasteiger partial charge in [-0.3, -0.25) is 9.78 Å². The number of hydrogen-bond acceptors (Lipinski definition) is 5. The van der Waals surface area contributed by atoms with Crippen LogP contribution in [0.2, 0.25) is 0 Å². The summed E-state index contributed by atoms with van der Waals surface area (Å²) in [7, 11) is 1.31. The molecule has 0 N–H and O–H groups in total. The van der Waals surface area contributed by atoms with Crippen molar-refractivity contribution in [2.24, 2.45) is 17.8 Å². The lowest BCUT2D eigenvalue weighted by molar-refractivity contribution is -0.135. The summed E-state index contributed by atoms with van der Waals surface area (Å²) in [5.74, 6) is 0.478. The fourth-order valence-electron chi connectivity index (χ4n) is 6.41. The molecule has 2 aromatic heterocycles. The molecule has 0 spiro atoms. The SMILES string of the molecule is COC(=O)c1cc(F)ccc1-n1cc(C[C@@H]2CCN(CC3CCN(C(=O)C(C)C)CC3)C2)c2c(C)cncc21. The van der Waals surface area contributed by atoms with Crippen molar-refractivity contribution < 1.29 is 18.7 Å². The van der Waals surface area contributed by atoms with Crippen molar-refractivity contribution in [2.75, 3.05) is 39.8 Å². The molecular formula is C31H39FN4O3. The number of fused-ring (bicyclic) bond motifs is 1. The number of carbonyl (C=O) groups is 2. The van der Waals surface area contributed by atoms with Gasteiger partial charge in [0.05, 0.1) is 30.1 Å². The molecule has 3 aromatic rings. The molecule has 2 aliphatic heterocycles. The standard InChI is InChI=1S/C31H39FN4O3/c1-20(2)30(37)35-11-8-22(9-12-35)17-34-10-7-23(18-34)13-24-19-36(28-16-33-15-21(3)29(24)28)27-6-5-25(32)14-26(27)31(38)39-4/h5-6,14-16,19-20,22-23H,7-13,17-18H2,1-4H3/t23-/m0/s1. The van der Waals surface area contributed by atoms with Crippen LogP contribution in [0.3, 0.4) is 0 Å². The van der Waals surface area contributed by atoms with Crippen LogP contribution in [0.25, 0.3) is 16.6 Å². The Morgan fingerprint density at radius 3 is 2.56 bits per heavy atom. The van der Waals surface area contributed by atoms with E-state index in [1.54, 1.807) is 6.07 Å². The van der Waals surface area contributed by atoms with Gasteiger partial charge in [0, 0.05) is 49.9 Å². The van der Waals surface area contributed by atoms with Crippen molar-refractivity contribution in [3.63, 3.8) is 0 Å². The van der Waals surface area contributed by atoms with Crippen LogP contribution in [0.4, 0.5) is 4.39 Å². The Hall–Kier alpha value is -3.26. The fraction of sp³-hybridized carbons (Fsp3) is 0.516. The lowest BCUT2D eigenvalue weighted by atomic mass is 9.95. The number of methoxy groups -OCH3 is 1. The van der Waals surface area contributed by atoms with Crippen LogP contribution in [-0.4, -0.2) is 71.1 Å². The molecule has 2 saturated heterocycles. The van der Waals surface area contributed by atoms with Gasteiger partial charge in [-0.05, 0) is 80.3 Å². The van der Waals surface area contributed by atoms with E-state index in [2.05, 4.69) is 23.0 Å². The highest BCUT2D eigenvalue weighted by Gasteiger charge is 2.29. The summed E-state index contributed by atoms with van der Waals surface area (Å²) in [6.07, 6.45) is 10.0. The van der Waals surface area contributed by atoms with Gasteiger partial charge in [-0.15, -0.1) is 0 Å². The molecule has 2 aliphatic rings. The van der Waals surface area contributed by atoms with Crippen molar-refractivity contribution >= 4 is 22.8 Å². The van der Waals surface area contributed by atoms with Gasteiger partial charge >= 0.3 is 5.97 Å². The third-order valence-electron chi connectivity index (χ3n) is 8.42. The zero-order valence-corrected chi connectivity index (χ0v) is 23.5. The first-order valence-corrected chi connectivity index (χ1v) is 14.1. The number of ether oxygens (including phenoxy) is 1. The van der Waals surface area contributed by atoms with Gasteiger partial charge < -0.3 is 19.1 Å². The average Bonchev–Trinajstić information content (AvgIpc) is 3.53. The van der Waals surface area contributed by atoms with Crippen molar-refractivity contribution in [3.05, 3.63) is 59.3 Å². The van der Waals surface area contributed by atoms with E-state index in [4.69, 9.17) is 4.74 Å². The third kappa shape index (κ3) is 5.71. The Morgan fingerprint density at radius 1 is 1.10 bits per heavy atom. The molecular weight excluding hydrogens is 495 g/mol. The van der Waals surface area contributed by atoms with Gasteiger partial charge in [0.25, 0.3) is 0 Å². The maximum absolute atomic E-state index is 14.1. The summed E-state index contributed by atoms with van der Waals surface area (Å²) in [6.45, 7) is 11.0. The Kier molecular flexibility index (Phi) is 8.03. The monoisotopic (exact) mass is 534 g/mol. The molecule has 0 radical (unpaired) electrons. The minimum Gasteiger partial charge on any atom is -0.465 e. The summed E-state index contributed by atoms with van der Waals surface area (Å²) in [4.78, 5) is 33.9. The van der Waals surface area contributed by atoms with Crippen LogP contribution in [-0.2, 0) is 16.0 Å². The normalized spacial score (nSPS) is 18.8. The van der Waals surface area contributed by atoms with E-state index in [9.17, 15) is 14.0 Å². The Labute approximate surface area is 229 Å². The van der Waals surface area contributed by atoms with Crippen LogP contribution in [0.1, 0.15) is 54.6 Å². The minimum absolute atomic E-state index is 0.0707. The predicted octanol–water partition coefficient (Wildman–Crippen LogP) is 5.02.